The molecule has 0 amide bonds. The van der Waals surface area contributed by atoms with E-state index in [0.717, 1.165) is 12.8 Å². The van der Waals surface area contributed by atoms with Crippen LogP contribution >= 0.6 is 0 Å². The monoisotopic (exact) mass is 174 g/mol. The highest BCUT2D eigenvalue weighted by Crippen LogP contribution is 2.10. The third-order valence-electron chi connectivity index (χ3n) is 1.68. The lowest BCUT2D eigenvalue weighted by atomic mass is 10.1. The summed E-state index contributed by atoms with van der Waals surface area (Å²) < 4.78 is 5.02. The van der Waals surface area contributed by atoms with Gasteiger partial charge in [0.2, 0.25) is 0 Å². The Hall–Kier alpha value is -0.570. The van der Waals surface area contributed by atoms with Gasteiger partial charge in [-0.05, 0) is 26.7 Å². The Bertz CT molecular complexity index is 142. The summed E-state index contributed by atoms with van der Waals surface area (Å²) in [4.78, 5) is 11.1. The first kappa shape index (κ1) is 11.4. The molecule has 0 rings (SSSR count). The molecule has 0 saturated heterocycles. The minimum atomic E-state index is -1.37. The molecule has 0 aliphatic heterocycles. The fraction of sp³-hybridized carbons (Fsp3) is 0.889. The first-order chi connectivity index (χ1) is 5.41. The number of ether oxygens (including phenoxy) is 1. The normalized spacial score (nSPS) is 11.8. The van der Waals surface area contributed by atoms with Crippen molar-refractivity contribution in [3.05, 3.63) is 0 Å². The van der Waals surface area contributed by atoms with Crippen molar-refractivity contribution in [3.8, 4) is 0 Å². The molecular weight excluding hydrogens is 156 g/mol. The fourth-order valence-corrected chi connectivity index (χ4v) is 0.751. The topological polar surface area (TPSA) is 46.5 Å². The van der Waals surface area contributed by atoms with Crippen molar-refractivity contribution in [2.24, 2.45) is 0 Å². The maximum Gasteiger partial charge on any atom is 0.337 e. The van der Waals surface area contributed by atoms with Gasteiger partial charge in [0.15, 0.2) is 5.60 Å². The Morgan fingerprint density at radius 2 is 1.83 bits per heavy atom. The molecular formula is C9H18O3. The molecule has 3 nitrogen and oxygen atoms in total. The van der Waals surface area contributed by atoms with E-state index < -0.39 is 11.6 Å². The van der Waals surface area contributed by atoms with Crippen LogP contribution in [0.25, 0.3) is 0 Å². The second-order valence-electron chi connectivity index (χ2n) is 3.40. The van der Waals surface area contributed by atoms with Crippen molar-refractivity contribution in [2.45, 2.75) is 52.2 Å². The van der Waals surface area contributed by atoms with Gasteiger partial charge < -0.3 is 9.84 Å². The standard InChI is InChI=1S/C9H18O3/c1-5-7(6-2)12-8(10)9(3,4)11/h7,11H,5-6H2,1-4H3. The zero-order chi connectivity index (χ0) is 9.78. The highest BCUT2D eigenvalue weighted by atomic mass is 16.6. The van der Waals surface area contributed by atoms with Gasteiger partial charge in [0.25, 0.3) is 0 Å². The molecule has 0 unspecified atom stereocenters. The van der Waals surface area contributed by atoms with Gasteiger partial charge in [-0.15, -0.1) is 0 Å². The molecule has 0 aliphatic rings. The van der Waals surface area contributed by atoms with E-state index in [1.807, 2.05) is 13.8 Å². The lowest BCUT2D eigenvalue weighted by molar-refractivity contribution is -0.167. The quantitative estimate of drug-likeness (QED) is 0.657. The summed E-state index contributed by atoms with van der Waals surface area (Å²) in [7, 11) is 0. The first-order valence-corrected chi connectivity index (χ1v) is 4.35. The van der Waals surface area contributed by atoms with Gasteiger partial charge in [-0.2, -0.15) is 0 Å². The van der Waals surface area contributed by atoms with Crippen molar-refractivity contribution in [2.75, 3.05) is 0 Å². The van der Waals surface area contributed by atoms with Gasteiger partial charge in [0.05, 0.1) is 0 Å². The molecule has 0 bridgehead atoms. The third-order valence-corrected chi connectivity index (χ3v) is 1.68. The van der Waals surface area contributed by atoms with Crippen LogP contribution in [0, 0.1) is 0 Å². The molecule has 0 radical (unpaired) electrons. The summed E-state index contributed by atoms with van der Waals surface area (Å²) in [6.07, 6.45) is 1.51. The summed E-state index contributed by atoms with van der Waals surface area (Å²) in [5.41, 5.74) is -1.37. The van der Waals surface area contributed by atoms with Gasteiger partial charge in [-0.25, -0.2) is 4.79 Å². The van der Waals surface area contributed by atoms with Crippen LogP contribution in [-0.2, 0) is 9.53 Å². The van der Waals surface area contributed by atoms with Crippen molar-refractivity contribution in [1.29, 1.82) is 0 Å². The Labute approximate surface area is 73.7 Å². The van der Waals surface area contributed by atoms with Crippen LogP contribution in [0.15, 0.2) is 0 Å². The summed E-state index contributed by atoms with van der Waals surface area (Å²) >= 11 is 0. The predicted octanol–water partition coefficient (Wildman–Crippen LogP) is 1.49. The highest BCUT2D eigenvalue weighted by Gasteiger charge is 2.27. The highest BCUT2D eigenvalue weighted by molar-refractivity contribution is 5.78. The van der Waals surface area contributed by atoms with E-state index in [9.17, 15) is 9.90 Å². The van der Waals surface area contributed by atoms with E-state index in [2.05, 4.69) is 0 Å². The Balaban J connectivity index is 3.99. The largest absolute Gasteiger partial charge is 0.460 e. The van der Waals surface area contributed by atoms with Gasteiger partial charge in [-0.1, -0.05) is 13.8 Å². The van der Waals surface area contributed by atoms with E-state index in [1.54, 1.807) is 0 Å². The van der Waals surface area contributed by atoms with Crippen LogP contribution in [0.4, 0.5) is 0 Å². The molecule has 3 heteroatoms. The second-order valence-corrected chi connectivity index (χ2v) is 3.40. The number of carbonyl (C=O) groups is 1. The SMILES string of the molecule is CCC(CC)OC(=O)C(C)(C)O. The Morgan fingerprint density at radius 1 is 1.42 bits per heavy atom. The molecule has 0 heterocycles. The number of carbonyl (C=O) groups excluding carboxylic acids is 1. The number of esters is 1. The number of hydrogen-bond acceptors (Lipinski definition) is 3. The minimum absolute atomic E-state index is 0.0658. The molecule has 0 aromatic heterocycles. The zero-order valence-electron chi connectivity index (χ0n) is 8.26. The molecule has 0 saturated carbocycles. The lowest BCUT2D eigenvalue weighted by Crippen LogP contribution is -2.35. The van der Waals surface area contributed by atoms with Crippen LogP contribution in [0.1, 0.15) is 40.5 Å². The van der Waals surface area contributed by atoms with Crippen LogP contribution in [0.2, 0.25) is 0 Å². The number of hydrogen-bond donors (Lipinski definition) is 1. The van der Waals surface area contributed by atoms with Crippen molar-refractivity contribution < 1.29 is 14.6 Å². The average molecular weight is 174 g/mol. The number of rotatable bonds is 4. The van der Waals surface area contributed by atoms with Crippen LogP contribution in [0.3, 0.4) is 0 Å². The van der Waals surface area contributed by atoms with Crippen molar-refractivity contribution in [3.63, 3.8) is 0 Å². The van der Waals surface area contributed by atoms with E-state index in [4.69, 9.17) is 4.74 Å². The van der Waals surface area contributed by atoms with Gasteiger partial charge >= 0.3 is 5.97 Å². The molecule has 0 fully saturated rings. The molecule has 72 valence electrons. The predicted molar refractivity (Wildman–Crippen MR) is 46.8 cm³/mol. The van der Waals surface area contributed by atoms with Gasteiger partial charge in [0.1, 0.15) is 6.10 Å². The van der Waals surface area contributed by atoms with Crippen LogP contribution in [-0.4, -0.2) is 22.8 Å². The molecule has 0 atom stereocenters. The molecule has 0 spiro atoms. The smallest absolute Gasteiger partial charge is 0.337 e. The van der Waals surface area contributed by atoms with E-state index in [1.165, 1.54) is 13.8 Å². The minimum Gasteiger partial charge on any atom is -0.460 e. The van der Waals surface area contributed by atoms with E-state index in [0.29, 0.717) is 0 Å². The average Bonchev–Trinajstić information content (AvgIpc) is 1.97. The van der Waals surface area contributed by atoms with Crippen molar-refractivity contribution >= 4 is 5.97 Å². The van der Waals surface area contributed by atoms with Crippen LogP contribution in [0.5, 0.6) is 0 Å². The van der Waals surface area contributed by atoms with Crippen LogP contribution < -0.4 is 0 Å². The summed E-state index contributed by atoms with van der Waals surface area (Å²) in [6, 6.07) is 0. The van der Waals surface area contributed by atoms with Gasteiger partial charge in [0, 0.05) is 0 Å². The molecule has 0 aromatic rings. The molecule has 0 aliphatic carbocycles. The lowest BCUT2D eigenvalue weighted by Gasteiger charge is -2.20. The third kappa shape index (κ3) is 3.72. The summed E-state index contributed by atoms with van der Waals surface area (Å²) in [5, 5.41) is 9.25. The molecule has 1 N–H and O–H groups in total. The van der Waals surface area contributed by atoms with Crippen molar-refractivity contribution in [1.82, 2.24) is 0 Å². The van der Waals surface area contributed by atoms with E-state index in [-0.39, 0.29) is 6.10 Å². The Morgan fingerprint density at radius 3 is 2.08 bits per heavy atom. The summed E-state index contributed by atoms with van der Waals surface area (Å²) in [5.74, 6) is -0.545. The zero-order valence-corrected chi connectivity index (χ0v) is 8.26. The van der Waals surface area contributed by atoms with Gasteiger partial charge in [-0.3, -0.25) is 0 Å². The Kier molecular flexibility index (Phi) is 4.24. The maximum absolute atomic E-state index is 11.1. The fourth-order valence-electron chi connectivity index (χ4n) is 0.751. The number of aliphatic hydroxyl groups is 1. The first-order valence-electron chi connectivity index (χ1n) is 4.35. The maximum atomic E-state index is 11.1. The molecule has 12 heavy (non-hydrogen) atoms. The van der Waals surface area contributed by atoms with E-state index >= 15 is 0 Å². The second kappa shape index (κ2) is 4.45. The molecule has 0 aromatic carbocycles. The summed E-state index contributed by atoms with van der Waals surface area (Å²) in [6.45, 7) is 6.76.